The Bertz CT molecular complexity index is 1230. The van der Waals surface area contributed by atoms with E-state index in [0.29, 0.717) is 33.2 Å². The normalized spacial score (nSPS) is 15.8. The molecular formula is C24H18BrClN2O3S. The molecule has 0 aromatic heterocycles. The van der Waals surface area contributed by atoms with Crippen molar-refractivity contribution in [3.05, 3.63) is 92.3 Å². The van der Waals surface area contributed by atoms with Crippen LogP contribution in [-0.4, -0.2) is 18.2 Å². The van der Waals surface area contributed by atoms with E-state index >= 15 is 0 Å². The minimum Gasteiger partial charge on any atom is -0.493 e. The average molecular weight is 530 g/mol. The number of carbonyl (C=O) groups is 1. The van der Waals surface area contributed by atoms with Crippen LogP contribution in [0.15, 0.2) is 81.1 Å². The zero-order valence-electron chi connectivity index (χ0n) is 17.0. The van der Waals surface area contributed by atoms with Gasteiger partial charge in [0.05, 0.1) is 17.7 Å². The average Bonchev–Trinajstić information content (AvgIpc) is 3.13. The number of carbonyl (C=O) groups excluding carboxylic acids is 1. The zero-order chi connectivity index (χ0) is 22.5. The number of amides is 1. The van der Waals surface area contributed by atoms with Crippen LogP contribution in [0.4, 0.5) is 5.69 Å². The maximum Gasteiger partial charge on any atom is 0.264 e. The molecule has 1 N–H and O–H groups in total. The molecule has 3 aromatic carbocycles. The highest BCUT2D eigenvalue weighted by atomic mass is 79.9. The van der Waals surface area contributed by atoms with Gasteiger partial charge < -0.3 is 14.8 Å². The third-order valence-corrected chi connectivity index (χ3v) is 6.50. The first-order valence-corrected chi connectivity index (χ1v) is 11.6. The van der Waals surface area contributed by atoms with E-state index in [4.69, 9.17) is 21.1 Å². The third kappa shape index (κ3) is 5.35. The second-order valence-corrected chi connectivity index (χ2v) is 9.02. The summed E-state index contributed by atoms with van der Waals surface area (Å²) in [6.45, 7) is 0.323. The van der Waals surface area contributed by atoms with E-state index in [1.54, 1.807) is 13.2 Å². The molecule has 32 heavy (non-hydrogen) atoms. The first kappa shape index (κ1) is 22.5. The predicted octanol–water partition coefficient (Wildman–Crippen LogP) is 6.58. The molecule has 0 unspecified atom stereocenters. The molecule has 1 aliphatic rings. The summed E-state index contributed by atoms with van der Waals surface area (Å²) in [5.41, 5.74) is 2.45. The van der Waals surface area contributed by atoms with Gasteiger partial charge in [-0.1, -0.05) is 48.0 Å². The van der Waals surface area contributed by atoms with E-state index in [1.165, 1.54) is 11.8 Å². The molecule has 0 spiro atoms. The number of rotatable bonds is 6. The molecule has 3 aromatic rings. The van der Waals surface area contributed by atoms with Gasteiger partial charge in [0.15, 0.2) is 16.7 Å². The maximum absolute atomic E-state index is 12.4. The van der Waals surface area contributed by atoms with Crippen molar-refractivity contribution >= 4 is 62.1 Å². The number of amidine groups is 1. The van der Waals surface area contributed by atoms with Crippen molar-refractivity contribution in [1.29, 1.82) is 0 Å². The molecule has 1 fully saturated rings. The quantitative estimate of drug-likeness (QED) is 0.366. The number of thioether (sulfide) groups is 1. The lowest BCUT2D eigenvalue weighted by molar-refractivity contribution is -0.115. The molecule has 0 aliphatic carbocycles. The van der Waals surface area contributed by atoms with Gasteiger partial charge in [-0.15, -0.1) is 0 Å². The van der Waals surface area contributed by atoms with Crippen LogP contribution in [-0.2, 0) is 11.4 Å². The van der Waals surface area contributed by atoms with Crippen molar-refractivity contribution in [3.63, 3.8) is 0 Å². The van der Waals surface area contributed by atoms with Crippen LogP contribution in [0.1, 0.15) is 11.1 Å². The Hall–Kier alpha value is -2.74. The number of ether oxygens (including phenoxy) is 2. The van der Waals surface area contributed by atoms with Crippen LogP contribution < -0.4 is 14.8 Å². The summed E-state index contributed by atoms with van der Waals surface area (Å²) >= 11 is 10.9. The largest absolute Gasteiger partial charge is 0.493 e. The van der Waals surface area contributed by atoms with Crippen molar-refractivity contribution in [1.82, 2.24) is 5.32 Å². The molecule has 0 saturated carbocycles. The molecule has 1 amide bonds. The summed E-state index contributed by atoms with van der Waals surface area (Å²) in [5.74, 6) is 0.963. The monoisotopic (exact) mass is 528 g/mol. The molecule has 1 saturated heterocycles. The van der Waals surface area contributed by atoms with Gasteiger partial charge in [-0.2, -0.15) is 0 Å². The van der Waals surface area contributed by atoms with Crippen LogP contribution in [0, 0.1) is 0 Å². The van der Waals surface area contributed by atoms with E-state index in [0.717, 1.165) is 21.3 Å². The number of benzene rings is 3. The number of aliphatic imine (C=N–C) groups is 1. The highest BCUT2D eigenvalue weighted by Gasteiger charge is 2.24. The molecule has 0 bridgehead atoms. The Kier molecular flexibility index (Phi) is 7.19. The Balaban J connectivity index is 1.51. The third-order valence-electron chi connectivity index (χ3n) is 4.55. The molecule has 0 radical (unpaired) electrons. The second kappa shape index (κ2) is 10.3. The summed E-state index contributed by atoms with van der Waals surface area (Å²) in [4.78, 5) is 17.5. The molecule has 8 heteroatoms. The fourth-order valence-corrected chi connectivity index (χ4v) is 4.35. The van der Waals surface area contributed by atoms with Crippen molar-refractivity contribution in [3.8, 4) is 11.5 Å². The second-order valence-electron chi connectivity index (χ2n) is 6.72. The molecular weight excluding hydrogens is 512 g/mol. The van der Waals surface area contributed by atoms with Crippen LogP contribution in [0.2, 0.25) is 5.02 Å². The van der Waals surface area contributed by atoms with Crippen LogP contribution >= 0.6 is 39.3 Å². The lowest BCUT2D eigenvalue weighted by Crippen LogP contribution is -2.19. The summed E-state index contributed by atoms with van der Waals surface area (Å²) in [6.07, 6.45) is 1.79. The molecule has 5 nitrogen and oxygen atoms in total. The van der Waals surface area contributed by atoms with Gasteiger partial charge in [0.25, 0.3) is 5.91 Å². The lowest BCUT2D eigenvalue weighted by atomic mass is 10.2. The summed E-state index contributed by atoms with van der Waals surface area (Å²) in [6, 6.07) is 20.6. The minimum atomic E-state index is -0.196. The lowest BCUT2D eigenvalue weighted by Gasteiger charge is -2.12. The van der Waals surface area contributed by atoms with Crippen molar-refractivity contribution in [2.75, 3.05) is 7.11 Å². The summed E-state index contributed by atoms with van der Waals surface area (Å²) in [7, 11) is 1.58. The van der Waals surface area contributed by atoms with Crippen LogP contribution in [0.25, 0.3) is 6.08 Å². The Morgan fingerprint density at radius 1 is 1.09 bits per heavy atom. The van der Waals surface area contributed by atoms with Crippen molar-refractivity contribution < 1.29 is 14.3 Å². The highest BCUT2D eigenvalue weighted by Crippen LogP contribution is 2.34. The highest BCUT2D eigenvalue weighted by molar-refractivity contribution is 9.10. The first-order chi connectivity index (χ1) is 15.5. The molecule has 1 heterocycles. The molecule has 1 aliphatic heterocycles. The van der Waals surface area contributed by atoms with Gasteiger partial charge in [0.2, 0.25) is 0 Å². The van der Waals surface area contributed by atoms with Gasteiger partial charge in [0.1, 0.15) is 6.61 Å². The summed E-state index contributed by atoms with van der Waals surface area (Å²) in [5, 5.41) is 3.98. The van der Waals surface area contributed by atoms with Gasteiger partial charge in [-0.05, 0) is 69.7 Å². The SMILES string of the molecule is COc1cc(/C=C2\SC(=Nc3ccccc3Br)NC2=O)ccc1OCc1ccccc1Cl. The number of nitrogens with zero attached hydrogens (tertiary/aromatic N) is 1. The number of hydrogen-bond donors (Lipinski definition) is 1. The topological polar surface area (TPSA) is 59.9 Å². The first-order valence-electron chi connectivity index (χ1n) is 9.62. The fourth-order valence-electron chi connectivity index (χ4n) is 2.95. The van der Waals surface area contributed by atoms with E-state index in [9.17, 15) is 4.79 Å². The number of para-hydroxylation sites is 1. The van der Waals surface area contributed by atoms with Gasteiger partial charge in [0, 0.05) is 15.1 Å². The number of hydrogen-bond acceptors (Lipinski definition) is 5. The summed E-state index contributed by atoms with van der Waals surface area (Å²) < 4.78 is 12.2. The predicted molar refractivity (Wildman–Crippen MR) is 134 cm³/mol. The Labute approximate surface area is 203 Å². The van der Waals surface area contributed by atoms with E-state index in [-0.39, 0.29) is 5.91 Å². The standard InChI is InChI=1S/C24H18BrClN2O3S/c1-30-21-12-15(10-11-20(21)31-14-16-6-2-4-8-18(16)26)13-22-23(29)28-24(32-22)27-19-9-5-3-7-17(19)25/h2-13H,14H2,1H3,(H,27,28,29)/b22-13-. The molecule has 0 atom stereocenters. The van der Waals surface area contributed by atoms with Crippen molar-refractivity contribution in [2.24, 2.45) is 4.99 Å². The Morgan fingerprint density at radius 3 is 2.66 bits per heavy atom. The smallest absolute Gasteiger partial charge is 0.264 e. The minimum absolute atomic E-state index is 0.196. The van der Waals surface area contributed by atoms with E-state index in [2.05, 4.69) is 26.2 Å². The van der Waals surface area contributed by atoms with Crippen LogP contribution in [0.5, 0.6) is 11.5 Å². The van der Waals surface area contributed by atoms with E-state index < -0.39 is 0 Å². The zero-order valence-corrected chi connectivity index (χ0v) is 20.1. The number of nitrogens with one attached hydrogen (secondary N) is 1. The van der Waals surface area contributed by atoms with Crippen LogP contribution in [0.3, 0.4) is 0 Å². The van der Waals surface area contributed by atoms with Gasteiger partial charge >= 0.3 is 0 Å². The van der Waals surface area contributed by atoms with E-state index in [1.807, 2.05) is 66.7 Å². The Morgan fingerprint density at radius 2 is 1.88 bits per heavy atom. The number of methoxy groups -OCH3 is 1. The maximum atomic E-state index is 12.4. The molecule has 162 valence electrons. The number of halogens is 2. The molecule has 4 rings (SSSR count). The van der Waals surface area contributed by atoms with Gasteiger partial charge in [-0.3, -0.25) is 4.79 Å². The fraction of sp³-hybridized carbons (Fsp3) is 0.0833. The van der Waals surface area contributed by atoms with Gasteiger partial charge in [-0.25, -0.2) is 4.99 Å². The van der Waals surface area contributed by atoms with Crippen molar-refractivity contribution in [2.45, 2.75) is 6.61 Å².